The third-order valence-corrected chi connectivity index (χ3v) is 7.43. The Kier molecular flexibility index (Phi) is 6.57. The van der Waals surface area contributed by atoms with Gasteiger partial charge in [-0.2, -0.15) is 0 Å². The van der Waals surface area contributed by atoms with Gasteiger partial charge >= 0.3 is 0 Å². The fraction of sp³-hybridized carbons (Fsp3) is 0.684. The molecule has 1 aromatic rings. The second-order valence-corrected chi connectivity index (χ2v) is 9.84. The molecule has 0 aromatic heterocycles. The van der Waals surface area contributed by atoms with Crippen LogP contribution in [0.5, 0.6) is 0 Å². The Hall–Kier alpha value is -1.71. The predicted molar refractivity (Wildman–Crippen MR) is 107 cm³/mol. The van der Waals surface area contributed by atoms with Crippen LogP contribution in [0.2, 0.25) is 0 Å². The molecule has 1 heterocycles. The number of hydrogen-bond acceptors (Lipinski definition) is 6. The SMILES string of the molecule is CC1CCC(NS(=O)(=O)c2ccc(N3CCC[C@@H](CO)C3)c([N+](=O)[O-])c2)CC1. The van der Waals surface area contributed by atoms with E-state index >= 15 is 0 Å². The average molecular weight is 412 g/mol. The minimum Gasteiger partial charge on any atom is -0.396 e. The molecular formula is C19H29N3O5S. The molecule has 0 radical (unpaired) electrons. The van der Waals surface area contributed by atoms with Crippen molar-refractivity contribution < 1.29 is 18.4 Å². The minimum absolute atomic E-state index is 0.0423. The summed E-state index contributed by atoms with van der Waals surface area (Å²) in [5, 5.41) is 21.0. The van der Waals surface area contributed by atoms with Crippen molar-refractivity contribution >= 4 is 21.4 Å². The van der Waals surface area contributed by atoms with Crippen LogP contribution in [0.15, 0.2) is 23.1 Å². The average Bonchev–Trinajstić information content (AvgIpc) is 2.69. The fourth-order valence-corrected chi connectivity index (χ4v) is 5.51. The molecular weight excluding hydrogens is 382 g/mol. The van der Waals surface area contributed by atoms with Gasteiger partial charge in [-0.3, -0.25) is 10.1 Å². The summed E-state index contributed by atoms with van der Waals surface area (Å²) in [6, 6.07) is 4.01. The molecule has 3 rings (SSSR count). The topological polar surface area (TPSA) is 113 Å². The molecule has 2 N–H and O–H groups in total. The van der Waals surface area contributed by atoms with E-state index in [1.54, 1.807) is 0 Å². The third-order valence-electron chi connectivity index (χ3n) is 5.91. The van der Waals surface area contributed by atoms with Crippen LogP contribution < -0.4 is 9.62 Å². The second-order valence-electron chi connectivity index (χ2n) is 8.12. The third kappa shape index (κ3) is 4.82. The molecule has 28 heavy (non-hydrogen) atoms. The number of nitro groups is 1. The summed E-state index contributed by atoms with van der Waals surface area (Å²) in [6.45, 7) is 3.39. The van der Waals surface area contributed by atoms with Crippen molar-refractivity contribution in [3.05, 3.63) is 28.3 Å². The number of rotatable bonds is 6. The van der Waals surface area contributed by atoms with Crippen molar-refractivity contribution in [1.82, 2.24) is 4.72 Å². The van der Waals surface area contributed by atoms with Gasteiger partial charge in [0.05, 0.1) is 9.82 Å². The molecule has 1 saturated carbocycles. The first-order valence-electron chi connectivity index (χ1n) is 9.96. The highest BCUT2D eigenvalue weighted by Gasteiger charge is 2.29. The van der Waals surface area contributed by atoms with E-state index in [-0.39, 0.29) is 29.1 Å². The van der Waals surface area contributed by atoms with Gasteiger partial charge in [0.2, 0.25) is 10.0 Å². The van der Waals surface area contributed by atoms with Crippen molar-refractivity contribution in [1.29, 1.82) is 0 Å². The van der Waals surface area contributed by atoms with Crippen molar-refractivity contribution in [2.24, 2.45) is 11.8 Å². The number of sulfonamides is 1. The molecule has 1 atom stereocenters. The molecule has 0 bridgehead atoms. The number of aliphatic hydroxyl groups excluding tert-OH is 1. The van der Waals surface area contributed by atoms with E-state index in [1.165, 1.54) is 12.1 Å². The van der Waals surface area contributed by atoms with Crippen LogP contribution >= 0.6 is 0 Å². The largest absolute Gasteiger partial charge is 0.396 e. The molecule has 156 valence electrons. The maximum atomic E-state index is 12.8. The van der Waals surface area contributed by atoms with Gasteiger partial charge in [0.25, 0.3) is 5.69 Å². The summed E-state index contributed by atoms with van der Waals surface area (Å²) in [5.41, 5.74) is 0.201. The zero-order chi connectivity index (χ0) is 20.3. The molecule has 2 aliphatic rings. The van der Waals surface area contributed by atoms with Crippen molar-refractivity contribution in [2.45, 2.75) is 56.4 Å². The second kappa shape index (κ2) is 8.75. The van der Waals surface area contributed by atoms with E-state index in [9.17, 15) is 23.6 Å². The van der Waals surface area contributed by atoms with Crippen molar-refractivity contribution in [3.63, 3.8) is 0 Å². The quantitative estimate of drug-likeness (QED) is 0.550. The first-order chi connectivity index (χ1) is 13.3. The van der Waals surface area contributed by atoms with Crippen LogP contribution in [0.1, 0.15) is 45.4 Å². The number of hydrogen-bond donors (Lipinski definition) is 2. The number of nitrogens with zero attached hydrogens (tertiary/aromatic N) is 2. The van der Waals surface area contributed by atoms with Crippen LogP contribution in [-0.4, -0.2) is 44.2 Å². The summed E-state index contributed by atoms with van der Waals surface area (Å²) in [5.74, 6) is 0.681. The normalized spacial score (nSPS) is 26.2. The van der Waals surface area contributed by atoms with E-state index in [0.717, 1.165) is 44.6 Å². The van der Waals surface area contributed by atoms with Gasteiger partial charge in [-0.1, -0.05) is 6.92 Å². The molecule has 0 unspecified atom stereocenters. The Morgan fingerprint density at radius 1 is 1.25 bits per heavy atom. The van der Waals surface area contributed by atoms with Gasteiger partial charge in [0.15, 0.2) is 0 Å². The maximum absolute atomic E-state index is 12.8. The molecule has 1 saturated heterocycles. The lowest BCUT2D eigenvalue weighted by atomic mass is 9.88. The highest BCUT2D eigenvalue weighted by molar-refractivity contribution is 7.89. The highest BCUT2D eigenvalue weighted by Crippen LogP contribution is 2.34. The van der Waals surface area contributed by atoms with Crippen LogP contribution in [0.3, 0.4) is 0 Å². The number of piperidine rings is 1. The lowest BCUT2D eigenvalue weighted by Gasteiger charge is -2.33. The smallest absolute Gasteiger partial charge is 0.293 e. The molecule has 9 heteroatoms. The van der Waals surface area contributed by atoms with Gasteiger partial charge in [-0.25, -0.2) is 13.1 Å². The van der Waals surface area contributed by atoms with Crippen molar-refractivity contribution in [3.8, 4) is 0 Å². The summed E-state index contributed by atoms with van der Waals surface area (Å²) >= 11 is 0. The standard InChI is InChI=1S/C19H29N3O5S/c1-14-4-6-16(7-5-14)20-28(26,27)17-8-9-18(19(11-17)22(24)25)21-10-2-3-15(12-21)13-23/h8-9,11,14-16,20,23H,2-7,10,12-13H2,1H3/t14?,15-,16?/m1/s1. The first kappa shape index (κ1) is 21.0. The Morgan fingerprint density at radius 2 is 1.96 bits per heavy atom. The van der Waals surface area contributed by atoms with Crippen LogP contribution in [0.25, 0.3) is 0 Å². The molecule has 1 aliphatic heterocycles. The Labute approximate surface area is 166 Å². The highest BCUT2D eigenvalue weighted by atomic mass is 32.2. The number of benzene rings is 1. The molecule has 0 spiro atoms. The molecule has 0 amide bonds. The van der Waals surface area contributed by atoms with E-state index in [1.807, 2.05) is 4.90 Å². The van der Waals surface area contributed by atoms with Crippen molar-refractivity contribution in [2.75, 3.05) is 24.6 Å². The fourth-order valence-electron chi connectivity index (χ4n) is 4.18. The van der Waals surface area contributed by atoms with Gasteiger partial charge < -0.3 is 10.0 Å². The Balaban J connectivity index is 1.82. The van der Waals surface area contributed by atoms with Crippen LogP contribution in [-0.2, 0) is 10.0 Å². The Morgan fingerprint density at radius 3 is 2.61 bits per heavy atom. The van der Waals surface area contributed by atoms with E-state index in [2.05, 4.69) is 11.6 Å². The number of nitrogens with one attached hydrogen (secondary N) is 1. The van der Waals surface area contributed by atoms with Gasteiger partial charge in [0, 0.05) is 31.8 Å². The van der Waals surface area contributed by atoms with Crippen LogP contribution in [0, 0.1) is 22.0 Å². The van der Waals surface area contributed by atoms with E-state index in [4.69, 9.17) is 0 Å². The number of anilines is 1. The van der Waals surface area contributed by atoms with Gasteiger partial charge in [0.1, 0.15) is 5.69 Å². The first-order valence-corrected chi connectivity index (χ1v) is 11.4. The van der Waals surface area contributed by atoms with Gasteiger partial charge in [-0.15, -0.1) is 0 Å². The summed E-state index contributed by atoms with van der Waals surface area (Å²) in [7, 11) is -3.81. The number of aliphatic hydroxyl groups is 1. The molecule has 8 nitrogen and oxygen atoms in total. The summed E-state index contributed by atoms with van der Waals surface area (Å²) in [4.78, 5) is 12.9. The molecule has 1 aliphatic carbocycles. The van der Waals surface area contributed by atoms with Crippen LogP contribution in [0.4, 0.5) is 11.4 Å². The van der Waals surface area contributed by atoms with E-state index < -0.39 is 14.9 Å². The van der Waals surface area contributed by atoms with Gasteiger partial charge in [-0.05, 0) is 62.5 Å². The lowest BCUT2D eigenvalue weighted by Crippen LogP contribution is -2.38. The van der Waals surface area contributed by atoms with E-state index in [0.29, 0.717) is 24.7 Å². The summed E-state index contributed by atoms with van der Waals surface area (Å²) < 4.78 is 28.2. The zero-order valence-corrected chi connectivity index (χ0v) is 17.0. The lowest BCUT2D eigenvalue weighted by molar-refractivity contribution is -0.384. The zero-order valence-electron chi connectivity index (χ0n) is 16.2. The number of nitro benzene ring substituents is 1. The predicted octanol–water partition coefficient (Wildman–Crippen LogP) is 2.66. The molecule has 1 aromatic carbocycles. The minimum atomic E-state index is -3.81. The monoisotopic (exact) mass is 411 g/mol. The maximum Gasteiger partial charge on any atom is 0.293 e. The summed E-state index contributed by atoms with van der Waals surface area (Å²) in [6.07, 6.45) is 5.26. The molecule has 2 fully saturated rings. The Bertz CT molecular complexity index is 806.